The fraction of sp³-hybridized carbons (Fsp3) is 1.00. The predicted molar refractivity (Wildman–Crippen MR) is 70.6 cm³/mol. The van der Waals surface area contributed by atoms with Crippen LogP contribution in [0.1, 0.15) is 32.6 Å². The molecule has 0 radical (unpaired) electrons. The average molecular weight is 280 g/mol. The summed E-state index contributed by atoms with van der Waals surface area (Å²) >= 11 is 5.59. The van der Waals surface area contributed by atoms with Crippen molar-refractivity contribution in [2.24, 2.45) is 0 Å². The van der Waals surface area contributed by atoms with Gasteiger partial charge in [-0.05, 0) is 31.6 Å². The third-order valence-electron chi connectivity index (χ3n) is 2.90. The highest BCUT2D eigenvalue weighted by atomic mass is 79.9. The number of nitrogens with zero attached hydrogens (tertiary/aromatic N) is 1. The van der Waals surface area contributed by atoms with Gasteiger partial charge in [-0.1, -0.05) is 29.3 Å². The molecule has 0 aromatic carbocycles. The fourth-order valence-corrected chi connectivity index (χ4v) is 2.72. The smallest absolute Gasteiger partial charge is 0.00956 e. The number of thioether (sulfide) groups is 1. The Morgan fingerprint density at radius 1 is 1.36 bits per heavy atom. The van der Waals surface area contributed by atoms with Crippen LogP contribution in [0.2, 0.25) is 0 Å². The molecule has 84 valence electrons. The summed E-state index contributed by atoms with van der Waals surface area (Å²) in [5.74, 6) is 2.58. The van der Waals surface area contributed by atoms with E-state index in [1.807, 2.05) is 0 Å². The molecule has 3 heteroatoms. The molecule has 0 aromatic rings. The van der Waals surface area contributed by atoms with Gasteiger partial charge in [0.05, 0.1) is 0 Å². The lowest BCUT2D eigenvalue weighted by atomic mass is 9.91. The number of hydrogen-bond donors (Lipinski definition) is 0. The van der Waals surface area contributed by atoms with Crippen molar-refractivity contribution in [3.63, 3.8) is 0 Å². The number of alkyl halides is 1. The predicted octanol–water partition coefficient (Wildman–Crippen LogP) is 3.38. The molecule has 0 atom stereocenters. The van der Waals surface area contributed by atoms with E-state index in [9.17, 15) is 0 Å². The minimum Gasteiger partial charge on any atom is -0.300 e. The molecule has 0 aromatic heterocycles. The maximum atomic E-state index is 3.52. The van der Waals surface area contributed by atoms with Crippen LogP contribution in [0.25, 0.3) is 0 Å². The summed E-state index contributed by atoms with van der Waals surface area (Å²) in [5, 5.41) is 1.15. The van der Waals surface area contributed by atoms with Crippen molar-refractivity contribution < 1.29 is 0 Å². The molecular weight excluding hydrogens is 258 g/mol. The molecule has 0 saturated heterocycles. The van der Waals surface area contributed by atoms with Crippen LogP contribution >= 0.6 is 27.7 Å². The van der Waals surface area contributed by atoms with Gasteiger partial charge in [0, 0.05) is 23.7 Å². The third-order valence-corrected chi connectivity index (χ3v) is 4.34. The highest BCUT2D eigenvalue weighted by Gasteiger charge is 2.23. The molecular formula is C11H22BrNS. The van der Waals surface area contributed by atoms with E-state index in [2.05, 4.69) is 39.5 Å². The minimum atomic E-state index is 0.923. The van der Waals surface area contributed by atoms with Crippen molar-refractivity contribution in [2.75, 3.05) is 29.9 Å². The Morgan fingerprint density at radius 2 is 2.14 bits per heavy atom. The molecule has 0 N–H and O–H groups in total. The second kappa shape index (κ2) is 8.00. The van der Waals surface area contributed by atoms with Crippen LogP contribution in [0, 0.1) is 0 Å². The van der Waals surface area contributed by atoms with Crippen molar-refractivity contribution in [1.29, 1.82) is 0 Å². The topological polar surface area (TPSA) is 3.24 Å². The molecule has 0 unspecified atom stereocenters. The first-order valence-electron chi connectivity index (χ1n) is 5.76. The molecule has 1 saturated carbocycles. The SMILES string of the molecule is CCSCCN(CCCBr)C1CCC1. The number of hydrogen-bond acceptors (Lipinski definition) is 2. The van der Waals surface area contributed by atoms with Crippen LogP contribution in [-0.4, -0.2) is 40.9 Å². The van der Waals surface area contributed by atoms with E-state index in [4.69, 9.17) is 0 Å². The van der Waals surface area contributed by atoms with Crippen LogP contribution in [0.3, 0.4) is 0 Å². The average Bonchev–Trinajstić information content (AvgIpc) is 2.11. The molecule has 14 heavy (non-hydrogen) atoms. The van der Waals surface area contributed by atoms with Gasteiger partial charge in [0.25, 0.3) is 0 Å². The van der Waals surface area contributed by atoms with Crippen molar-refractivity contribution in [3.05, 3.63) is 0 Å². The van der Waals surface area contributed by atoms with Crippen LogP contribution in [0.4, 0.5) is 0 Å². The van der Waals surface area contributed by atoms with Crippen molar-refractivity contribution in [2.45, 2.75) is 38.6 Å². The van der Waals surface area contributed by atoms with E-state index < -0.39 is 0 Å². The Balaban J connectivity index is 2.14. The molecule has 1 rings (SSSR count). The highest BCUT2D eigenvalue weighted by molar-refractivity contribution is 9.09. The van der Waals surface area contributed by atoms with Gasteiger partial charge in [-0.3, -0.25) is 4.90 Å². The zero-order chi connectivity index (χ0) is 10.2. The van der Waals surface area contributed by atoms with E-state index in [0.717, 1.165) is 11.4 Å². The molecule has 1 aliphatic carbocycles. The number of rotatable bonds is 8. The first-order chi connectivity index (χ1) is 6.88. The van der Waals surface area contributed by atoms with Gasteiger partial charge in [-0.2, -0.15) is 11.8 Å². The van der Waals surface area contributed by atoms with Crippen molar-refractivity contribution >= 4 is 27.7 Å². The second-order valence-corrected chi connectivity index (χ2v) is 6.05. The van der Waals surface area contributed by atoms with Gasteiger partial charge in [0.1, 0.15) is 0 Å². The maximum Gasteiger partial charge on any atom is 0.00956 e. The summed E-state index contributed by atoms with van der Waals surface area (Å²) in [4.78, 5) is 2.70. The van der Waals surface area contributed by atoms with E-state index in [1.165, 1.54) is 50.3 Å². The Morgan fingerprint density at radius 3 is 2.64 bits per heavy atom. The molecule has 0 bridgehead atoms. The quantitative estimate of drug-likeness (QED) is 0.495. The molecule has 0 aliphatic heterocycles. The Hall–Kier alpha value is 0.790. The van der Waals surface area contributed by atoms with Gasteiger partial charge in [-0.15, -0.1) is 0 Å². The van der Waals surface area contributed by atoms with Crippen LogP contribution in [0.15, 0.2) is 0 Å². The van der Waals surface area contributed by atoms with E-state index in [-0.39, 0.29) is 0 Å². The van der Waals surface area contributed by atoms with Crippen molar-refractivity contribution in [1.82, 2.24) is 4.90 Å². The first-order valence-corrected chi connectivity index (χ1v) is 8.04. The molecule has 1 fully saturated rings. The summed E-state index contributed by atoms with van der Waals surface area (Å²) in [6, 6.07) is 0.923. The fourth-order valence-electron chi connectivity index (χ4n) is 1.82. The van der Waals surface area contributed by atoms with Gasteiger partial charge < -0.3 is 0 Å². The van der Waals surface area contributed by atoms with Gasteiger partial charge in [-0.25, -0.2) is 0 Å². The lowest BCUT2D eigenvalue weighted by molar-refractivity contribution is 0.136. The second-order valence-electron chi connectivity index (χ2n) is 3.86. The zero-order valence-electron chi connectivity index (χ0n) is 9.17. The Kier molecular flexibility index (Phi) is 7.35. The Labute approximate surface area is 101 Å². The van der Waals surface area contributed by atoms with Gasteiger partial charge in [0.2, 0.25) is 0 Å². The molecule has 1 aliphatic rings. The van der Waals surface area contributed by atoms with E-state index in [0.29, 0.717) is 0 Å². The molecule has 0 spiro atoms. The summed E-state index contributed by atoms with van der Waals surface area (Å²) in [6.45, 7) is 4.84. The van der Waals surface area contributed by atoms with Crippen molar-refractivity contribution in [3.8, 4) is 0 Å². The third kappa shape index (κ3) is 4.54. The standard InChI is InChI=1S/C11H22BrNS/c1-2-14-10-9-13(8-4-7-12)11-5-3-6-11/h11H,2-10H2,1H3. The molecule has 0 amide bonds. The molecule has 0 heterocycles. The van der Waals surface area contributed by atoms with Crippen LogP contribution in [-0.2, 0) is 0 Å². The van der Waals surface area contributed by atoms with E-state index >= 15 is 0 Å². The number of halogens is 1. The summed E-state index contributed by atoms with van der Waals surface area (Å²) in [6.07, 6.45) is 5.64. The van der Waals surface area contributed by atoms with Gasteiger partial charge in [0.15, 0.2) is 0 Å². The normalized spacial score (nSPS) is 17.4. The monoisotopic (exact) mass is 279 g/mol. The minimum absolute atomic E-state index is 0.923. The van der Waals surface area contributed by atoms with Crippen LogP contribution in [0.5, 0.6) is 0 Å². The first kappa shape index (κ1) is 12.9. The highest BCUT2D eigenvalue weighted by Crippen LogP contribution is 2.25. The summed E-state index contributed by atoms with van der Waals surface area (Å²) in [5.41, 5.74) is 0. The Bertz CT molecular complexity index is 139. The summed E-state index contributed by atoms with van der Waals surface area (Å²) < 4.78 is 0. The lowest BCUT2D eigenvalue weighted by Crippen LogP contribution is -2.42. The lowest BCUT2D eigenvalue weighted by Gasteiger charge is -2.37. The zero-order valence-corrected chi connectivity index (χ0v) is 11.6. The maximum absolute atomic E-state index is 3.52. The van der Waals surface area contributed by atoms with Crippen LogP contribution < -0.4 is 0 Å². The van der Waals surface area contributed by atoms with E-state index in [1.54, 1.807) is 0 Å². The largest absolute Gasteiger partial charge is 0.300 e. The van der Waals surface area contributed by atoms with Gasteiger partial charge >= 0.3 is 0 Å². The summed E-state index contributed by atoms with van der Waals surface area (Å²) in [7, 11) is 0. The molecule has 1 nitrogen and oxygen atoms in total.